The van der Waals surface area contributed by atoms with Crippen molar-refractivity contribution < 1.29 is 0 Å². The first kappa shape index (κ1) is 8.24. The van der Waals surface area contributed by atoms with E-state index in [1.165, 1.54) is 17.7 Å². The van der Waals surface area contributed by atoms with Gasteiger partial charge in [-0.15, -0.1) is 0 Å². The number of allylic oxidation sites excluding steroid dienone is 1. The molecule has 0 saturated heterocycles. The Kier molecular flexibility index (Phi) is 2.56. The topological polar surface area (TPSA) is 12.4 Å². The van der Waals surface area contributed by atoms with Crippen LogP contribution in [0.3, 0.4) is 0 Å². The lowest BCUT2D eigenvalue weighted by Gasteiger charge is -1.91. The molecule has 1 heterocycles. The van der Waals surface area contributed by atoms with Gasteiger partial charge in [-0.2, -0.15) is 0 Å². The minimum Gasteiger partial charge on any atom is -0.290 e. The Bertz CT molecular complexity index is 322. The Balaban J connectivity index is 2.05. The zero-order valence-electron chi connectivity index (χ0n) is 7.61. The monoisotopic (exact) mass is 171 g/mol. The van der Waals surface area contributed by atoms with Crippen LogP contribution in [0, 0.1) is 0 Å². The molecule has 13 heavy (non-hydrogen) atoms. The number of hydrogen-bond donors (Lipinski definition) is 0. The van der Waals surface area contributed by atoms with E-state index in [0.29, 0.717) is 0 Å². The van der Waals surface area contributed by atoms with Crippen LogP contribution in [0.25, 0.3) is 6.08 Å². The fourth-order valence-electron chi connectivity index (χ4n) is 1.45. The normalized spacial score (nSPS) is 16.5. The Labute approximate surface area is 78.8 Å². The smallest absolute Gasteiger partial charge is 0.0396 e. The minimum atomic E-state index is 1.01. The molecule has 2 rings (SSSR count). The second-order valence-electron chi connectivity index (χ2n) is 3.22. The predicted octanol–water partition coefficient (Wildman–Crippen LogP) is 2.93. The zero-order valence-corrected chi connectivity index (χ0v) is 7.61. The van der Waals surface area contributed by atoms with Crippen molar-refractivity contribution in [1.29, 1.82) is 0 Å². The van der Waals surface area contributed by atoms with E-state index in [2.05, 4.69) is 41.4 Å². The fourth-order valence-corrected chi connectivity index (χ4v) is 1.45. The zero-order chi connectivity index (χ0) is 8.93. The van der Waals surface area contributed by atoms with E-state index in [-0.39, 0.29) is 0 Å². The molecule has 1 aromatic carbocycles. The summed E-state index contributed by atoms with van der Waals surface area (Å²) in [6.45, 7) is 1.01. The van der Waals surface area contributed by atoms with E-state index in [9.17, 15) is 0 Å². The van der Waals surface area contributed by atoms with Crippen LogP contribution in [0.1, 0.15) is 18.4 Å². The van der Waals surface area contributed by atoms with Gasteiger partial charge in [0.2, 0.25) is 0 Å². The molecule has 66 valence electrons. The predicted molar refractivity (Wildman–Crippen MR) is 57.0 cm³/mol. The first-order valence-electron chi connectivity index (χ1n) is 4.71. The maximum Gasteiger partial charge on any atom is 0.0396 e. The molecular formula is C12H13N. The lowest BCUT2D eigenvalue weighted by molar-refractivity contribution is 0.951. The third kappa shape index (κ3) is 2.28. The second-order valence-corrected chi connectivity index (χ2v) is 3.22. The molecule has 0 bridgehead atoms. The van der Waals surface area contributed by atoms with Crippen molar-refractivity contribution in [3.8, 4) is 0 Å². The van der Waals surface area contributed by atoms with E-state index in [0.717, 1.165) is 13.0 Å². The van der Waals surface area contributed by atoms with Gasteiger partial charge in [0.25, 0.3) is 0 Å². The lowest BCUT2D eigenvalue weighted by atomic mass is 10.1. The first-order valence-corrected chi connectivity index (χ1v) is 4.71. The van der Waals surface area contributed by atoms with E-state index >= 15 is 0 Å². The van der Waals surface area contributed by atoms with Gasteiger partial charge in [0.15, 0.2) is 0 Å². The largest absolute Gasteiger partial charge is 0.290 e. The van der Waals surface area contributed by atoms with Gasteiger partial charge in [-0.25, -0.2) is 0 Å². The lowest BCUT2D eigenvalue weighted by Crippen LogP contribution is -1.84. The molecule has 1 aliphatic rings. The Morgan fingerprint density at radius 1 is 1.08 bits per heavy atom. The summed E-state index contributed by atoms with van der Waals surface area (Å²) in [4.78, 5) is 4.38. The van der Waals surface area contributed by atoms with Crippen LogP contribution in [0.4, 0.5) is 0 Å². The van der Waals surface area contributed by atoms with Crippen LogP contribution >= 0.6 is 0 Å². The molecule has 0 N–H and O–H groups in total. The van der Waals surface area contributed by atoms with Gasteiger partial charge >= 0.3 is 0 Å². The summed E-state index contributed by atoms with van der Waals surface area (Å²) in [6, 6.07) is 10.3. The van der Waals surface area contributed by atoms with E-state index in [1.807, 2.05) is 6.07 Å². The van der Waals surface area contributed by atoms with Crippen LogP contribution in [0.15, 0.2) is 41.4 Å². The van der Waals surface area contributed by atoms with Gasteiger partial charge in [0, 0.05) is 12.3 Å². The average molecular weight is 171 g/mol. The van der Waals surface area contributed by atoms with Crippen LogP contribution in [0.5, 0.6) is 0 Å². The van der Waals surface area contributed by atoms with E-state index in [4.69, 9.17) is 0 Å². The molecule has 0 spiro atoms. The van der Waals surface area contributed by atoms with E-state index < -0.39 is 0 Å². The summed E-state index contributed by atoms with van der Waals surface area (Å²) in [7, 11) is 0. The second kappa shape index (κ2) is 4.04. The maximum atomic E-state index is 4.38. The summed E-state index contributed by atoms with van der Waals surface area (Å²) < 4.78 is 0. The van der Waals surface area contributed by atoms with Gasteiger partial charge in [0.05, 0.1) is 0 Å². The van der Waals surface area contributed by atoms with Crippen molar-refractivity contribution in [2.45, 2.75) is 12.8 Å². The Hall–Kier alpha value is -1.37. The van der Waals surface area contributed by atoms with E-state index in [1.54, 1.807) is 0 Å². The summed E-state index contributed by atoms with van der Waals surface area (Å²) in [5.74, 6) is 0. The maximum absolute atomic E-state index is 4.38. The molecule has 0 unspecified atom stereocenters. The number of hydrogen-bond acceptors (Lipinski definition) is 1. The molecule has 0 amide bonds. The molecule has 0 atom stereocenters. The van der Waals surface area contributed by atoms with Gasteiger partial charge in [0.1, 0.15) is 0 Å². The molecule has 1 nitrogen and oxygen atoms in total. The van der Waals surface area contributed by atoms with Crippen LogP contribution in [0.2, 0.25) is 0 Å². The first-order chi connectivity index (χ1) is 6.45. The minimum absolute atomic E-state index is 1.01. The highest BCUT2D eigenvalue weighted by molar-refractivity contribution is 5.99. The van der Waals surface area contributed by atoms with Gasteiger partial charge in [-0.05, 0) is 24.5 Å². The highest BCUT2D eigenvalue weighted by Crippen LogP contribution is 2.07. The summed E-state index contributed by atoms with van der Waals surface area (Å²) in [5, 5.41) is 0. The van der Waals surface area contributed by atoms with Gasteiger partial charge in [-0.1, -0.05) is 36.4 Å². The molecular weight excluding hydrogens is 158 g/mol. The van der Waals surface area contributed by atoms with Crippen LogP contribution in [-0.4, -0.2) is 12.3 Å². The van der Waals surface area contributed by atoms with Crippen molar-refractivity contribution in [2.75, 3.05) is 6.54 Å². The molecule has 0 aromatic heterocycles. The quantitative estimate of drug-likeness (QED) is 0.648. The number of aliphatic imine (C=N–C) groups is 1. The van der Waals surface area contributed by atoms with Crippen molar-refractivity contribution in [3.05, 3.63) is 42.0 Å². The number of benzene rings is 1. The molecule has 0 radical (unpaired) electrons. The Morgan fingerprint density at radius 2 is 1.92 bits per heavy atom. The molecule has 0 saturated carbocycles. The van der Waals surface area contributed by atoms with Crippen molar-refractivity contribution >= 4 is 11.8 Å². The molecule has 0 fully saturated rings. The molecule has 1 heteroatoms. The third-order valence-electron chi connectivity index (χ3n) is 2.17. The molecule has 1 aromatic rings. The summed E-state index contributed by atoms with van der Waals surface area (Å²) in [6.07, 6.45) is 6.62. The summed E-state index contributed by atoms with van der Waals surface area (Å²) >= 11 is 0. The SMILES string of the molecule is C(=Cc1ccccc1)C1=NCCC1. The van der Waals surface area contributed by atoms with Crippen LogP contribution in [-0.2, 0) is 0 Å². The molecule has 0 aliphatic carbocycles. The third-order valence-corrected chi connectivity index (χ3v) is 2.17. The highest BCUT2D eigenvalue weighted by atomic mass is 14.8. The molecule has 1 aliphatic heterocycles. The van der Waals surface area contributed by atoms with Crippen molar-refractivity contribution in [2.24, 2.45) is 4.99 Å². The number of nitrogens with zero attached hydrogens (tertiary/aromatic N) is 1. The van der Waals surface area contributed by atoms with Gasteiger partial charge in [-0.3, -0.25) is 4.99 Å². The average Bonchev–Trinajstić information content (AvgIpc) is 2.69. The van der Waals surface area contributed by atoms with Gasteiger partial charge < -0.3 is 0 Å². The standard InChI is InChI=1S/C12H13N/c1-2-5-11(6-3-1)8-9-12-7-4-10-13-12/h1-3,5-6,8-9H,4,7,10H2. The fraction of sp³-hybridized carbons (Fsp3) is 0.250. The van der Waals surface area contributed by atoms with Crippen molar-refractivity contribution in [3.63, 3.8) is 0 Å². The van der Waals surface area contributed by atoms with Crippen molar-refractivity contribution in [1.82, 2.24) is 0 Å². The Morgan fingerprint density at radius 3 is 2.62 bits per heavy atom. The van der Waals surface area contributed by atoms with Crippen LogP contribution < -0.4 is 0 Å². The summed E-state index contributed by atoms with van der Waals surface area (Å²) in [5.41, 5.74) is 2.49. The highest BCUT2D eigenvalue weighted by Gasteiger charge is 2.00. The number of rotatable bonds is 2.